The van der Waals surface area contributed by atoms with Crippen LogP contribution in [0, 0.1) is 5.92 Å². The average molecular weight is 381 g/mol. The Morgan fingerprint density at radius 2 is 1.71 bits per heavy atom. The Morgan fingerprint density at radius 3 is 2.36 bits per heavy atom. The lowest BCUT2D eigenvalue weighted by atomic mass is 9.93. The number of urea groups is 1. The highest BCUT2D eigenvalue weighted by atomic mass is 16.5. The van der Waals surface area contributed by atoms with Crippen LogP contribution < -0.4 is 15.4 Å². The van der Waals surface area contributed by atoms with Gasteiger partial charge in [0.25, 0.3) is 0 Å². The lowest BCUT2D eigenvalue weighted by Crippen LogP contribution is -2.41. The molecule has 0 saturated carbocycles. The second kappa shape index (κ2) is 9.78. The molecule has 0 spiro atoms. The molecular formula is C22H27N3O3. The molecule has 1 fully saturated rings. The predicted molar refractivity (Wildman–Crippen MR) is 109 cm³/mol. The molecule has 1 aliphatic heterocycles. The number of carbonyl (C=O) groups is 2. The zero-order valence-electron chi connectivity index (χ0n) is 16.2. The fourth-order valence-corrected chi connectivity index (χ4v) is 3.35. The van der Waals surface area contributed by atoms with Crippen LogP contribution in [0.2, 0.25) is 0 Å². The van der Waals surface area contributed by atoms with E-state index in [1.807, 2.05) is 59.5 Å². The molecular weight excluding hydrogens is 354 g/mol. The maximum atomic E-state index is 12.4. The lowest BCUT2D eigenvalue weighted by molar-refractivity contribution is -0.122. The summed E-state index contributed by atoms with van der Waals surface area (Å²) in [6, 6.07) is 17.1. The highest BCUT2D eigenvalue weighted by Gasteiger charge is 2.24. The van der Waals surface area contributed by atoms with Crippen molar-refractivity contribution >= 4 is 17.6 Å². The van der Waals surface area contributed by atoms with Gasteiger partial charge in [-0.2, -0.15) is 0 Å². The van der Waals surface area contributed by atoms with Crippen LogP contribution in [0.1, 0.15) is 24.8 Å². The van der Waals surface area contributed by atoms with Gasteiger partial charge in [-0.15, -0.1) is 0 Å². The third kappa shape index (κ3) is 5.74. The van der Waals surface area contributed by atoms with Gasteiger partial charge in [0.05, 0.1) is 7.11 Å². The van der Waals surface area contributed by atoms with Crippen LogP contribution in [-0.4, -0.2) is 37.0 Å². The summed E-state index contributed by atoms with van der Waals surface area (Å²) in [6.45, 7) is 1.89. The first-order valence-corrected chi connectivity index (χ1v) is 9.64. The Balaban J connectivity index is 1.38. The van der Waals surface area contributed by atoms with Gasteiger partial charge in [-0.1, -0.05) is 30.3 Å². The van der Waals surface area contributed by atoms with Gasteiger partial charge in [0.2, 0.25) is 5.91 Å². The number of rotatable bonds is 6. The van der Waals surface area contributed by atoms with E-state index in [1.54, 1.807) is 7.11 Å². The normalized spacial score (nSPS) is 14.4. The number of nitrogens with zero attached hydrogens (tertiary/aromatic N) is 1. The molecule has 0 radical (unpaired) electrons. The highest BCUT2D eigenvalue weighted by molar-refractivity contribution is 5.89. The van der Waals surface area contributed by atoms with Gasteiger partial charge in [0, 0.05) is 31.7 Å². The first kappa shape index (κ1) is 19.7. The Labute approximate surface area is 165 Å². The molecule has 0 bridgehead atoms. The maximum absolute atomic E-state index is 12.4. The summed E-state index contributed by atoms with van der Waals surface area (Å²) >= 11 is 0. The quantitative estimate of drug-likeness (QED) is 0.802. The molecule has 2 aromatic carbocycles. The molecule has 3 amide bonds. The van der Waals surface area contributed by atoms with E-state index in [0.717, 1.165) is 29.8 Å². The van der Waals surface area contributed by atoms with E-state index in [0.29, 0.717) is 32.0 Å². The minimum absolute atomic E-state index is 0.0741. The number of ether oxygens (including phenoxy) is 1. The number of hydrogen-bond donors (Lipinski definition) is 2. The molecule has 2 aromatic rings. The van der Waals surface area contributed by atoms with Gasteiger partial charge in [-0.05, 0) is 48.6 Å². The third-order valence-electron chi connectivity index (χ3n) is 5.05. The zero-order valence-corrected chi connectivity index (χ0v) is 16.2. The van der Waals surface area contributed by atoms with Crippen molar-refractivity contribution in [1.82, 2.24) is 10.2 Å². The summed E-state index contributed by atoms with van der Waals surface area (Å²) in [7, 11) is 1.61. The molecule has 2 N–H and O–H groups in total. The summed E-state index contributed by atoms with van der Waals surface area (Å²) < 4.78 is 5.12. The number of likely N-dealkylation sites (tertiary alicyclic amines) is 1. The molecule has 148 valence electrons. The van der Waals surface area contributed by atoms with Gasteiger partial charge < -0.3 is 20.3 Å². The standard InChI is InChI=1S/C22H27N3O3/c1-28-20-9-7-19(8-10-20)24-22(27)25-13-11-17(12-14-25)15-21(26)23-16-18-5-3-2-4-6-18/h2-10,17H,11-16H2,1H3,(H,23,26)(H,24,27). The van der Waals surface area contributed by atoms with Crippen molar-refractivity contribution in [3.63, 3.8) is 0 Å². The first-order valence-electron chi connectivity index (χ1n) is 9.64. The van der Waals surface area contributed by atoms with Crippen molar-refractivity contribution < 1.29 is 14.3 Å². The monoisotopic (exact) mass is 381 g/mol. The number of piperidine rings is 1. The Hall–Kier alpha value is -3.02. The van der Waals surface area contributed by atoms with Crippen molar-refractivity contribution in [1.29, 1.82) is 0 Å². The van der Waals surface area contributed by atoms with E-state index in [1.165, 1.54) is 0 Å². The summed E-state index contributed by atoms with van der Waals surface area (Å²) in [4.78, 5) is 26.4. The SMILES string of the molecule is COc1ccc(NC(=O)N2CCC(CC(=O)NCc3ccccc3)CC2)cc1. The molecule has 0 unspecified atom stereocenters. The molecule has 28 heavy (non-hydrogen) atoms. The Bertz CT molecular complexity index is 769. The number of benzene rings is 2. The number of carbonyl (C=O) groups excluding carboxylic acids is 2. The topological polar surface area (TPSA) is 70.7 Å². The second-order valence-corrected chi connectivity index (χ2v) is 7.06. The Kier molecular flexibility index (Phi) is 6.89. The predicted octanol–water partition coefficient (Wildman–Crippen LogP) is 3.65. The van der Waals surface area contributed by atoms with Crippen LogP contribution in [-0.2, 0) is 11.3 Å². The van der Waals surface area contributed by atoms with E-state index in [-0.39, 0.29) is 11.9 Å². The van der Waals surface area contributed by atoms with E-state index >= 15 is 0 Å². The number of anilines is 1. The summed E-state index contributed by atoms with van der Waals surface area (Å²) in [5.74, 6) is 1.15. The molecule has 6 nitrogen and oxygen atoms in total. The lowest BCUT2D eigenvalue weighted by Gasteiger charge is -2.31. The third-order valence-corrected chi connectivity index (χ3v) is 5.05. The van der Waals surface area contributed by atoms with Crippen LogP contribution in [0.15, 0.2) is 54.6 Å². The fourth-order valence-electron chi connectivity index (χ4n) is 3.35. The molecule has 0 atom stereocenters. The average Bonchev–Trinajstić information content (AvgIpc) is 2.74. The van der Waals surface area contributed by atoms with E-state index in [2.05, 4.69) is 10.6 Å². The van der Waals surface area contributed by atoms with Crippen LogP contribution in [0.25, 0.3) is 0 Å². The number of hydrogen-bond acceptors (Lipinski definition) is 3. The van der Waals surface area contributed by atoms with Crippen molar-refractivity contribution in [2.24, 2.45) is 5.92 Å². The molecule has 0 aromatic heterocycles. The van der Waals surface area contributed by atoms with Crippen molar-refractivity contribution in [2.75, 3.05) is 25.5 Å². The van der Waals surface area contributed by atoms with Crippen molar-refractivity contribution in [3.8, 4) is 5.75 Å². The first-order chi connectivity index (χ1) is 13.6. The van der Waals surface area contributed by atoms with Crippen molar-refractivity contribution in [3.05, 3.63) is 60.2 Å². The molecule has 3 rings (SSSR count). The van der Waals surface area contributed by atoms with E-state index < -0.39 is 0 Å². The molecule has 1 aliphatic rings. The molecule has 0 aliphatic carbocycles. The Morgan fingerprint density at radius 1 is 1.04 bits per heavy atom. The largest absolute Gasteiger partial charge is 0.497 e. The van der Waals surface area contributed by atoms with Crippen molar-refractivity contribution in [2.45, 2.75) is 25.8 Å². The van der Waals surface area contributed by atoms with E-state index in [9.17, 15) is 9.59 Å². The molecule has 6 heteroatoms. The summed E-state index contributed by atoms with van der Waals surface area (Å²) in [5, 5.41) is 5.89. The highest BCUT2D eigenvalue weighted by Crippen LogP contribution is 2.22. The van der Waals surface area contributed by atoms with Crippen LogP contribution in [0.4, 0.5) is 10.5 Å². The minimum Gasteiger partial charge on any atom is -0.497 e. The molecule has 1 saturated heterocycles. The fraction of sp³-hybridized carbons (Fsp3) is 0.364. The number of nitrogens with one attached hydrogen (secondary N) is 2. The van der Waals surface area contributed by atoms with E-state index in [4.69, 9.17) is 4.74 Å². The smallest absolute Gasteiger partial charge is 0.321 e. The van der Waals surface area contributed by atoms with Crippen LogP contribution >= 0.6 is 0 Å². The minimum atomic E-state index is -0.0999. The van der Waals surface area contributed by atoms with Crippen LogP contribution in [0.3, 0.4) is 0 Å². The zero-order chi connectivity index (χ0) is 19.8. The molecule has 1 heterocycles. The van der Waals surface area contributed by atoms with Gasteiger partial charge in [-0.3, -0.25) is 4.79 Å². The van der Waals surface area contributed by atoms with Gasteiger partial charge >= 0.3 is 6.03 Å². The second-order valence-electron chi connectivity index (χ2n) is 7.06. The van der Waals surface area contributed by atoms with Crippen LogP contribution in [0.5, 0.6) is 5.75 Å². The summed E-state index contributed by atoms with van der Waals surface area (Å²) in [5.41, 5.74) is 1.84. The summed E-state index contributed by atoms with van der Waals surface area (Å²) in [6.07, 6.45) is 2.20. The van der Waals surface area contributed by atoms with Gasteiger partial charge in [0.1, 0.15) is 5.75 Å². The van der Waals surface area contributed by atoms with Gasteiger partial charge in [0.15, 0.2) is 0 Å². The van der Waals surface area contributed by atoms with Gasteiger partial charge in [-0.25, -0.2) is 4.79 Å². The number of methoxy groups -OCH3 is 1. The number of amides is 3. The maximum Gasteiger partial charge on any atom is 0.321 e.